The van der Waals surface area contributed by atoms with Gasteiger partial charge in [-0.3, -0.25) is 0 Å². The van der Waals surface area contributed by atoms with Gasteiger partial charge in [0.05, 0.1) is 0 Å². The Morgan fingerprint density at radius 2 is 1.23 bits per heavy atom. The molecule has 0 atom stereocenters. The first-order valence-corrected chi connectivity index (χ1v) is 14.9. The molecule has 0 aliphatic heterocycles. The molecule has 6 rings (SSSR count). The monoisotopic (exact) mass is 494 g/mol. The third-order valence-electron chi connectivity index (χ3n) is 6.68. The van der Waals surface area contributed by atoms with Crippen LogP contribution in [0.15, 0.2) is 115 Å². The number of benzene rings is 3. The van der Waals surface area contributed by atoms with Gasteiger partial charge in [0.15, 0.2) is 0 Å². The number of halogens is 1. The first-order chi connectivity index (χ1) is 17.1. The van der Waals surface area contributed by atoms with E-state index in [0.717, 1.165) is 38.2 Å². The van der Waals surface area contributed by atoms with Gasteiger partial charge in [0.2, 0.25) is 0 Å². The second kappa shape index (κ2) is 8.27. The van der Waals surface area contributed by atoms with Gasteiger partial charge in [-0.25, -0.2) is 0 Å². The van der Waals surface area contributed by atoms with Crippen molar-refractivity contribution in [2.75, 3.05) is 0 Å². The predicted octanol–water partition coefficient (Wildman–Crippen LogP) is 5.77. The van der Waals surface area contributed by atoms with E-state index in [1.165, 1.54) is 0 Å². The van der Waals surface area contributed by atoms with Crippen LogP contribution in [0.4, 0.5) is 0 Å². The molecule has 0 aliphatic carbocycles. The Bertz CT molecular complexity index is 1550. The first-order valence-electron chi connectivity index (χ1n) is 11.6. The number of hydrogen-bond donors (Lipinski definition) is 0. The summed E-state index contributed by atoms with van der Waals surface area (Å²) in [5.41, 5.74) is 2.68. The summed E-state index contributed by atoms with van der Waals surface area (Å²) >= 11 is 8.20. The van der Waals surface area contributed by atoms with Crippen LogP contribution in [-0.2, 0) is 6.16 Å². The van der Waals surface area contributed by atoms with Crippen molar-refractivity contribution < 1.29 is 0 Å². The Morgan fingerprint density at radius 1 is 0.686 bits per heavy atom. The van der Waals surface area contributed by atoms with Crippen LogP contribution in [0, 0.1) is 6.92 Å². The van der Waals surface area contributed by atoms with Crippen molar-refractivity contribution in [3.8, 4) is 0 Å². The van der Waals surface area contributed by atoms with Crippen molar-refractivity contribution in [1.29, 1.82) is 0 Å². The van der Waals surface area contributed by atoms with Gasteiger partial charge in [0, 0.05) is 0 Å². The standard InChI is InChI=1S/C29H24ClN4P/c1-22-17-18-26-27(31-22)19-20-34-29(26)32-28(33-34)21-35(30,23-11-5-2-6-12-23,24-13-7-3-8-14-24)25-15-9-4-10-16-25/h2-20H,21H2,1H3. The zero-order valence-electron chi connectivity index (χ0n) is 19.3. The van der Waals surface area contributed by atoms with Crippen LogP contribution in [0.1, 0.15) is 11.5 Å². The van der Waals surface area contributed by atoms with E-state index in [0.29, 0.717) is 12.0 Å². The summed E-state index contributed by atoms with van der Waals surface area (Å²) in [4.78, 5) is 9.70. The molecule has 0 aliphatic rings. The van der Waals surface area contributed by atoms with Crippen LogP contribution in [0.25, 0.3) is 16.6 Å². The molecule has 6 heteroatoms. The molecular formula is C29H24ClN4P. The van der Waals surface area contributed by atoms with Gasteiger partial charge in [-0.2, -0.15) is 0 Å². The van der Waals surface area contributed by atoms with Crippen LogP contribution < -0.4 is 15.9 Å². The number of hydrogen-bond acceptors (Lipinski definition) is 3. The summed E-state index contributed by atoms with van der Waals surface area (Å²) in [6, 6.07) is 37.4. The minimum atomic E-state index is -3.51. The van der Waals surface area contributed by atoms with E-state index < -0.39 is 5.96 Å². The third kappa shape index (κ3) is 3.44. The molecule has 172 valence electrons. The molecule has 0 spiro atoms. The summed E-state index contributed by atoms with van der Waals surface area (Å²) < 4.78 is 1.84. The minimum absolute atomic E-state index is 0.494. The average molecular weight is 495 g/mol. The zero-order valence-corrected chi connectivity index (χ0v) is 20.9. The number of nitrogens with zero attached hydrogens (tertiary/aromatic N) is 4. The van der Waals surface area contributed by atoms with Crippen molar-refractivity contribution in [2.45, 2.75) is 13.1 Å². The third-order valence-corrected chi connectivity index (χ3v) is 13.8. The van der Waals surface area contributed by atoms with Gasteiger partial charge in [0.1, 0.15) is 0 Å². The maximum absolute atomic E-state index is 8.20. The van der Waals surface area contributed by atoms with Gasteiger partial charge in [-0.05, 0) is 0 Å². The average Bonchev–Trinajstić information content (AvgIpc) is 3.32. The molecule has 3 heterocycles. The Hall–Kier alpha value is -3.59. The van der Waals surface area contributed by atoms with Crippen LogP contribution in [-0.4, -0.2) is 19.6 Å². The normalized spacial score (nSPS) is 13.0. The first kappa shape index (κ1) is 21.9. The number of aryl methyl sites for hydroxylation is 1. The van der Waals surface area contributed by atoms with Gasteiger partial charge in [-0.15, -0.1) is 0 Å². The van der Waals surface area contributed by atoms with E-state index in [4.69, 9.17) is 21.3 Å². The number of aromatic nitrogens is 4. The molecule has 35 heavy (non-hydrogen) atoms. The van der Waals surface area contributed by atoms with E-state index in [-0.39, 0.29) is 0 Å². The summed E-state index contributed by atoms with van der Waals surface area (Å²) in [6.07, 6.45) is 2.42. The van der Waals surface area contributed by atoms with Crippen LogP contribution >= 0.6 is 17.2 Å². The van der Waals surface area contributed by atoms with Gasteiger partial charge in [0.25, 0.3) is 0 Å². The Morgan fingerprint density at radius 3 is 1.77 bits per heavy atom. The Balaban J connectivity index is 1.65. The summed E-state index contributed by atoms with van der Waals surface area (Å²) in [7, 11) is 0. The number of fused-ring (bicyclic) bond motifs is 3. The van der Waals surface area contributed by atoms with E-state index >= 15 is 0 Å². The molecule has 0 bridgehead atoms. The molecule has 0 unspecified atom stereocenters. The molecule has 0 saturated carbocycles. The second-order valence-corrected chi connectivity index (χ2v) is 15.3. The quantitative estimate of drug-likeness (QED) is 0.286. The van der Waals surface area contributed by atoms with Crippen molar-refractivity contribution >= 4 is 49.7 Å². The van der Waals surface area contributed by atoms with Crippen LogP contribution in [0.5, 0.6) is 0 Å². The molecular weight excluding hydrogens is 471 g/mol. The molecule has 0 saturated heterocycles. The van der Waals surface area contributed by atoms with Gasteiger partial charge < -0.3 is 0 Å². The van der Waals surface area contributed by atoms with E-state index in [2.05, 4.69) is 83.8 Å². The molecule has 0 N–H and O–H groups in total. The van der Waals surface area contributed by atoms with Crippen LogP contribution in [0.3, 0.4) is 0 Å². The molecule has 6 aromatic rings. The number of rotatable bonds is 5. The Kier molecular flexibility index (Phi) is 5.17. The molecule has 0 amide bonds. The van der Waals surface area contributed by atoms with E-state index in [9.17, 15) is 0 Å². The van der Waals surface area contributed by atoms with Crippen molar-refractivity contribution in [2.24, 2.45) is 0 Å². The zero-order chi connectivity index (χ0) is 23.9. The van der Waals surface area contributed by atoms with E-state index in [1.54, 1.807) is 0 Å². The topological polar surface area (TPSA) is 43.1 Å². The molecule has 0 radical (unpaired) electrons. The Labute approximate surface area is 209 Å². The fraction of sp³-hybridized carbons (Fsp3) is 0.0690. The van der Waals surface area contributed by atoms with Gasteiger partial charge in [-0.1, -0.05) is 0 Å². The van der Waals surface area contributed by atoms with Crippen molar-refractivity contribution in [1.82, 2.24) is 19.6 Å². The fourth-order valence-electron chi connectivity index (χ4n) is 4.96. The molecule has 3 aromatic carbocycles. The van der Waals surface area contributed by atoms with Crippen LogP contribution in [0.2, 0.25) is 0 Å². The molecule has 4 nitrogen and oxygen atoms in total. The molecule has 0 fully saturated rings. The SMILES string of the molecule is Cc1ccc2c(ccn3nc(CP(Cl)(c4ccccc4)(c4ccccc4)c4ccccc4)nc23)n1. The van der Waals surface area contributed by atoms with Crippen molar-refractivity contribution in [3.63, 3.8) is 0 Å². The van der Waals surface area contributed by atoms with Gasteiger partial charge >= 0.3 is 209 Å². The summed E-state index contributed by atoms with van der Waals surface area (Å²) in [5, 5.41) is 9.18. The summed E-state index contributed by atoms with van der Waals surface area (Å²) in [5.74, 6) is -2.80. The fourth-order valence-corrected chi connectivity index (χ4v) is 10.8. The van der Waals surface area contributed by atoms with E-state index in [1.807, 2.05) is 48.0 Å². The molecule has 3 aromatic heterocycles. The van der Waals surface area contributed by atoms with Crippen molar-refractivity contribution in [3.05, 3.63) is 127 Å². The number of pyridine rings is 2. The predicted molar refractivity (Wildman–Crippen MR) is 148 cm³/mol. The maximum atomic E-state index is 8.20. The second-order valence-electron chi connectivity index (χ2n) is 8.84. The summed E-state index contributed by atoms with van der Waals surface area (Å²) in [6.45, 7) is 2.00.